The van der Waals surface area contributed by atoms with E-state index in [-0.39, 0.29) is 5.91 Å². The minimum atomic E-state index is -0.753. The lowest BCUT2D eigenvalue weighted by molar-refractivity contribution is -0.122. The SMILES string of the molecule is CC(Oc1ccc(Cl)cc1Cl)C(=O)Nc1cccc(-c2nn3cnnc3s2)c1. The van der Waals surface area contributed by atoms with E-state index in [2.05, 4.69) is 20.6 Å². The van der Waals surface area contributed by atoms with E-state index in [1.165, 1.54) is 11.3 Å². The lowest BCUT2D eigenvalue weighted by Crippen LogP contribution is -2.30. The van der Waals surface area contributed by atoms with Crippen LogP contribution in [0.3, 0.4) is 0 Å². The molecule has 0 saturated heterocycles. The molecule has 2 heterocycles. The van der Waals surface area contributed by atoms with Gasteiger partial charge in [-0.25, -0.2) is 0 Å². The summed E-state index contributed by atoms with van der Waals surface area (Å²) >= 11 is 13.4. The van der Waals surface area contributed by atoms with Crippen molar-refractivity contribution in [1.82, 2.24) is 19.8 Å². The van der Waals surface area contributed by atoms with Gasteiger partial charge in [-0.3, -0.25) is 4.79 Å². The maximum Gasteiger partial charge on any atom is 0.265 e. The summed E-state index contributed by atoms with van der Waals surface area (Å²) in [5.41, 5.74) is 1.49. The molecule has 7 nitrogen and oxygen atoms in total. The van der Waals surface area contributed by atoms with Gasteiger partial charge in [0.15, 0.2) is 6.10 Å². The van der Waals surface area contributed by atoms with Gasteiger partial charge in [-0.1, -0.05) is 46.7 Å². The third kappa shape index (κ3) is 3.94. The number of fused-ring (bicyclic) bond motifs is 1. The normalized spacial score (nSPS) is 12.1. The second-order valence-electron chi connectivity index (χ2n) is 5.87. The smallest absolute Gasteiger partial charge is 0.265 e. The molecule has 0 aliphatic rings. The first kappa shape index (κ1) is 18.7. The summed E-state index contributed by atoms with van der Waals surface area (Å²) in [7, 11) is 0. The van der Waals surface area contributed by atoms with Crippen LogP contribution in [0, 0.1) is 0 Å². The van der Waals surface area contributed by atoms with Crippen LogP contribution in [0.4, 0.5) is 5.69 Å². The average Bonchev–Trinajstić information content (AvgIpc) is 3.26. The van der Waals surface area contributed by atoms with Crippen molar-refractivity contribution in [3.8, 4) is 16.3 Å². The van der Waals surface area contributed by atoms with Crippen molar-refractivity contribution < 1.29 is 9.53 Å². The number of amides is 1. The van der Waals surface area contributed by atoms with Crippen LogP contribution in [0.25, 0.3) is 15.5 Å². The molecule has 0 aliphatic carbocycles. The molecule has 0 fully saturated rings. The minimum Gasteiger partial charge on any atom is -0.479 e. The number of aromatic nitrogens is 4. The molecule has 142 valence electrons. The summed E-state index contributed by atoms with van der Waals surface area (Å²) in [6.45, 7) is 1.65. The first-order chi connectivity index (χ1) is 13.5. The van der Waals surface area contributed by atoms with Gasteiger partial charge in [0.2, 0.25) is 4.96 Å². The standard InChI is InChI=1S/C18H13Cl2N5O2S/c1-10(27-15-6-5-12(19)8-14(15)20)16(26)22-13-4-2-3-11(7-13)17-24-25-9-21-23-18(25)28-17/h2-10H,1H3,(H,22,26). The number of carbonyl (C=O) groups is 1. The van der Waals surface area contributed by atoms with Gasteiger partial charge < -0.3 is 10.1 Å². The molecule has 0 bridgehead atoms. The molecule has 0 spiro atoms. The minimum absolute atomic E-state index is 0.304. The number of halogens is 2. The van der Waals surface area contributed by atoms with Crippen LogP contribution < -0.4 is 10.1 Å². The van der Waals surface area contributed by atoms with Crippen LogP contribution in [0.1, 0.15) is 6.92 Å². The predicted octanol–water partition coefficient (Wildman–Crippen LogP) is 4.57. The summed E-state index contributed by atoms with van der Waals surface area (Å²) in [6.07, 6.45) is 0.790. The fourth-order valence-electron chi connectivity index (χ4n) is 2.47. The second-order valence-corrected chi connectivity index (χ2v) is 7.67. The molecule has 1 unspecified atom stereocenters. The molecule has 2 aromatic heterocycles. The number of benzene rings is 2. The highest BCUT2D eigenvalue weighted by molar-refractivity contribution is 7.19. The maximum atomic E-state index is 12.5. The van der Waals surface area contributed by atoms with Gasteiger partial charge in [0.1, 0.15) is 17.1 Å². The molecular weight excluding hydrogens is 421 g/mol. The fraction of sp³-hybridized carbons (Fsp3) is 0.111. The van der Waals surface area contributed by atoms with Gasteiger partial charge in [-0.15, -0.1) is 10.2 Å². The van der Waals surface area contributed by atoms with Crippen LogP contribution in [0.2, 0.25) is 10.0 Å². The third-order valence-corrected chi connectivity index (χ3v) is 5.32. The van der Waals surface area contributed by atoms with Gasteiger partial charge >= 0.3 is 0 Å². The Hall–Kier alpha value is -2.68. The second kappa shape index (κ2) is 7.75. The molecule has 2 aromatic carbocycles. The summed E-state index contributed by atoms with van der Waals surface area (Å²) in [5.74, 6) is 0.0866. The molecular formula is C18H13Cl2N5O2S. The molecule has 28 heavy (non-hydrogen) atoms. The molecule has 0 aliphatic heterocycles. The summed E-state index contributed by atoms with van der Waals surface area (Å²) < 4.78 is 7.26. The van der Waals surface area contributed by atoms with E-state index in [9.17, 15) is 4.79 Å². The Labute approximate surface area is 173 Å². The number of hydrogen-bond acceptors (Lipinski definition) is 6. The van der Waals surface area contributed by atoms with E-state index < -0.39 is 6.10 Å². The van der Waals surface area contributed by atoms with Crippen molar-refractivity contribution in [2.24, 2.45) is 0 Å². The van der Waals surface area contributed by atoms with E-state index in [0.29, 0.717) is 26.4 Å². The Morgan fingerprint density at radius 2 is 2.11 bits per heavy atom. The van der Waals surface area contributed by atoms with Crippen LogP contribution >= 0.6 is 34.5 Å². The molecule has 4 rings (SSSR count). The Balaban J connectivity index is 1.47. The number of anilines is 1. The van der Waals surface area contributed by atoms with E-state index in [1.807, 2.05) is 18.2 Å². The molecule has 4 aromatic rings. The zero-order chi connectivity index (χ0) is 19.7. The number of nitrogens with one attached hydrogen (secondary N) is 1. The average molecular weight is 434 g/mol. The molecule has 1 atom stereocenters. The lowest BCUT2D eigenvalue weighted by Gasteiger charge is -2.16. The summed E-state index contributed by atoms with van der Waals surface area (Å²) in [5, 5.41) is 16.6. The zero-order valence-electron chi connectivity index (χ0n) is 14.5. The van der Waals surface area contributed by atoms with Gasteiger partial charge in [0.25, 0.3) is 5.91 Å². The van der Waals surface area contributed by atoms with Crippen molar-refractivity contribution >= 4 is 51.1 Å². The molecule has 1 amide bonds. The molecule has 10 heteroatoms. The van der Waals surface area contributed by atoms with Crippen molar-refractivity contribution in [3.63, 3.8) is 0 Å². The summed E-state index contributed by atoms with van der Waals surface area (Å²) in [4.78, 5) is 13.2. The highest BCUT2D eigenvalue weighted by atomic mass is 35.5. The van der Waals surface area contributed by atoms with E-state index in [1.54, 1.807) is 42.0 Å². The van der Waals surface area contributed by atoms with E-state index in [4.69, 9.17) is 27.9 Å². The van der Waals surface area contributed by atoms with Crippen molar-refractivity contribution in [3.05, 3.63) is 58.8 Å². The number of rotatable bonds is 5. The molecule has 0 saturated carbocycles. The highest BCUT2D eigenvalue weighted by Crippen LogP contribution is 2.29. The zero-order valence-corrected chi connectivity index (χ0v) is 16.8. The Morgan fingerprint density at radius 3 is 2.89 bits per heavy atom. The topological polar surface area (TPSA) is 81.4 Å². The predicted molar refractivity (Wildman–Crippen MR) is 109 cm³/mol. The highest BCUT2D eigenvalue weighted by Gasteiger charge is 2.17. The number of carbonyl (C=O) groups excluding carboxylic acids is 1. The summed E-state index contributed by atoms with van der Waals surface area (Å²) in [6, 6.07) is 12.2. The van der Waals surface area contributed by atoms with Gasteiger partial charge in [-0.05, 0) is 37.3 Å². The molecule has 0 radical (unpaired) electrons. The van der Waals surface area contributed by atoms with Crippen LogP contribution in [0.5, 0.6) is 5.75 Å². The van der Waals surface area contributed by atoms with Crippen molar-refractivity contribution in [2.75, 3.05) is 5.32 Å². The van der Waals surface area contributed by atoms with Crippen LogP contribution in [0.15, 0.2) is 48.8 Å². The van der Waals surface area contributed by atoms with Gasteiger partial charge in [0.05, 0.1) is 5.02 Å². The number of hydrogen-bond donors (Lipinski definition) is 1. The Bertz CT molecular complexity index is 1130. The Morgan fingerprint density at radius 1 is 1.25 bits per heavy atom. The number of ether oxygens (including phenoxy) is 1. The first-order valence-electron chi connectivity index (χ1n) is 8.19. The van der Waals surface area contributed by atoms with Crippen LogP contribution in [-0.2, 0) is 4.79 Å². The Kier molecular flexibility index (Phi) is 5.17. The van der Waals surface area contributed by atoms with E-state index in [0.717, 1.165) is 10.6 Å². The monoisotopic (exact) mass is 433 g/mol. The fourth-order valence-corrected chi connectivity index (χ4v) is 3.73. The maximum absolute atomic E-state index is 12.5. The third-order valence-electron chi connectivity index (χ3n) is 3.83. The van der Waals surface area contributed by atoms with Gasteiger partial charge in [-0.2, -0.15) is 9.61 Å². The van der Waals surface area contributed by atoms with Gasteiger partial charge in [0, 0.05) is 16.3 Å². The largest absolute Gasteiger partial charge is 0.479 e. The molecule has 1 N–H and O–H groups in total. The first-order valence-corrected chi connectivity index (χ1v) is 9.77. The quantitative estimate of drug-likeness (QED) is 0.498. The van der Waals surface area contributed by atoms with Crippen molar-refractivity contribution in [2.45, 2.75) is 13.0 Å². The lowest BCUT2D eigenvalue weighted by atomic mass is 10.2. The van der Waals surface area contributed by atoms with E-state index >= 15 is 0 Å². The van der Waals surface area contributed by atoms with Crippen molar-refractivity contribution in [1.29, 1.82) is 0 Å². The van der Waals surface area contributed by atoms with Crippen LogP contribution in [-0.4, -0.2) is 31.8 Å². The number of nitrogens with zero attached hydrogens (tertiary/aromatic N) is 4.